The van der Waals surface area contributed by atoms with E-state index in [9.17, 15) is 14.4 Å². The second-order valence-electron chi connectivity index (χ2n) is 8.19. The van der Waals surface area contributed by atoms with Gasteiger partial charge in [0.2, 0.25) is 0 Å². The molecule has 0 saturated heterocycles. The van der Waals surface area contributed by atoms with Crippen LogP contribution in [0.25, 0.3) is 5.69 Å². The monoisotopic (exact) mass is 497 g/mol. The Labute approximate surface area is 196 Å². The topological polar surface area (TPSA) is 75.2 Å². The first-order valence-corrected chi connectivity index (χ1v) is 11.5. The van der Waals surface area contributed by atoms with Crippen LogP contribution >= 0.6 is 15.9 Å². The van der Waals surface area contributed by atoms with E-state index >= 15 is 0 Å². The highest BCUT2D eigenvalue weighted by Gasteiger charge is 2.27. The van der Waals surface area contributed by atoms with Crippen molar-refractivity contribution in [3.8, 4) is 5.69 Å². The molecule has 0 saturated carbocycles. The number of hydrogen-bond donors (Lipinski definition) is 1. The van der Waals surface area contributed by atoms with Crippen molar-refractivity contribution in [2.45, 2.75) is 40.0 Å². The van der Waals surface area contributed by atoms with Gasteiger partial charge >= 0.3 is 0 Å². The standard InChI is InChI=1S/C25H28BrN3O3/c1-5-14-28(24(31)18-8-10-19(26)11-9-18)15-21(30)22-23(16(2)3)27-29(25(22)32)20-12-6-17(4)7-13-20/h6-13,16,27H,5,14-15H2,1-4H3. The maximum Gasteiger partial charge on any atom is 0.282 e. The molecule has 0 radical (unpaired) electrons. The Kier molecular flexibility index (Phi) is 7.51. The summed E-state index contributed by atoms with van der Waals surface area (Å²) in [5, 5.41) is 3.11. The maximum absolute atomic E-state index is 13.3. The molecular formula is C25H28BrN3O3. The summed E-state index contributed by atoms with van der Waals surface area (Å²) in [7, 11) is 0. The van der Waals surface area contributed by atoms with Crippen molar-refractivity contribution in [1.82, 2.24) is 14.7 Å². The normalized spacial score (nSPS) is 11.1. The van der Waals surface area contributed by atoms with E-state index < -0.39 is 5.56 Å². The van der Waals surface area contributed by atoms with Crippen LogP contribution in [0.4, 0.5) is 0 Å². The molecule has 1 N–H and O–H groups in total. The first-order chi connectivity index (χ1) is 15.2. The highest BCUT2D eigenvalue weighted by molar-refractivity contribution is 9.10. The lowest BCUT2D eigenvalue weighted by atomic mass is 10.0. The number of rotatable bonds is 8. The van der Waals surface area contributed by atoms with Gasteiger partial charge in [0.05, 0.1) is 17.9 Å². The SMILES string of the molecule is CCCN(CC(=O)c1c(C(C)C)[nH]n(-c2ccc(C)cc2)c1=O)C(=O)c1ccc(Br)cc1. The molecule has 0 fully saturated rings. The molecule has 0 unspecified atom stereocenters. The van der Waals surface area contributed by atoms with Gasteiger partial charge in [0.25, 0.3) is 11.5 Å². The molecule has 3 rings (SSSR count). The van der Waals surface area contributed by atoms with Crippen molar-refractivity contribution >= 4 is 27.6 Å². The van der Waals surface area contributed by atoms with Gasteiger partial charge in [-0.15, -0.1) is 0 Å². The molecule has 0 aliphatic heterocycles. The number of aromatic amines is 1. The zero-order chi connectivity index (χ0) is 23.4. The first kappa shape index (κ1) is 23.7. The van der Waals surface area contributed by atoms with Crippen molar-refractivity contribution in [2.75, 3.05) is 13.1 Å². The number of carbonyl (C=O) groups excluding carboxylic acids is 2. The van der Waals surface area contributed by atoms with E-state index in [1.165, 1.54) is 9.58 Å². The molecule has 1 heterocycles. The second kappa shape index (κ2) is 10.1. The van der Waals surface area contributed by atoms with E-state index in [0.29, 0.717) is 29.9 Å². The van der Waals surface area contributed by atoms with Crippen LogP contribution in [-0.4, -0.2) is 39.5 Å². The molecule has 0 bridgehead atoms. The fourth-order valence-electron chi connectivity index (χ4n) is 3.57. The lowest BCUT2D eigenvalue weighted by Gasteiger charge is -2.21. The number of aromatic nitrogens is 2. The van der Waals surface area contributed by atoms with E-state index in [2.05, 4.69) is 21.0 Å². The molecule has 32 heavy (non-hydrogen) atoms. The van der Waals surface area contributed by atoms with Gasteiger partial charge in [-0.05, 0) is 55.7 Å². The third kappa shape index (κ3) is 5.10. The average Bonchev–Trinajstić information content (AvgIpc) is 3.11. The number of nitrogens with zero attached hydrogens (tertiary/aromatic N) is 2. The molecule has 0 atom stereocenters. The van der Waals surface area contributed by atoms with E-state index in [0.717, 1.165) is 10.0 Å². The number of hydrogen-bond acceptors (Lipinski definition) is 3. The van der Waals surface area contributed by atoms with E-state index in [1.807, 2.05) is 52.0 Å². The molecule has 0 spiro atoms. The van der Waals surface area contributed by atoms with E-state index in [-0.39, 0.29) is 29.7 Å². The lowest BCUT2D eigenvalue weighted by Crippen LogP contribution is -2.38. The minimum absolute atomic E-state index is 0.0600. The molecule has 168 valence electrons. The van der Waals surface area contributed by atoms with Gasteiger partial charge in [-0.2, -0.15) is 0 Å². The molecule has 3 aromatic rings. The lowest BCUT2D eigenvalue weighted by molar-refractivity contribution is 0.0709. The molecule has 7 heteroatoms. The van der Waals surface area contributed by atoms with Crippen molar-refractivity contribution in [3.05, 3.63) is 85.7 Å². The van der Waals surface area contributed by atoms with Gasteiger partial charge in [-0.3, -0.25) is 19.5 Å². The molecule has 1 amide bonds. The van der Waals surface area contributed by atoms with Crippen molar-refractivity contribution in [2.24, 2.45) is 0 Å². The molecule has 1 aromatic heterocycles. The summed E-state index contributed by atoms with van der Waals surface area (Å²) in [4.78, 5) is 41.1. The van der Waals surface area contributed by atoms with Crippen LogP contribution in [0.15, 0.2) is 57.8 Å². The van der Waals surface area contributed by atoms with Gasteiger partial charge in [0.1, 0.15) is 5.56 Å². The summed E-state index contributed by atoms with van der Waals surface area (Å²) in [6, 6.07) is 14.5. The summed E-state index contributed by atoms with van der Waals surface area (Å²) < 4.78 is 2.28. The minimum Gasteiger partial charge on any atom is -0.331 e. The van der Waals surface area contributed by atoms with E-state index in [4.69, 9.17) is 0 Å². The maximum atomic E-state index is 13.3. The Bertz CT molecular complexity index is 1160. The Morgan fingerprint density at radius 1 is 1.06 bits per heavy atom. The third-order valence-electron chi connectivity index (χ3n) is 5.27. The quantitative estimate of drug-likeness (QED) is 0.440. The number of amides is 1. The number of ketones is 1. The molecule has 0 aliphatic carbocycles. The predicted molar refractivity (Wildman–Crippen MR) is 130 cm³/mol. The van der Waals surface area contributed by atoms with Crippen LogP contribution < -0.4 is 5.56 Å². The highest BCUT2D eigenvalue weighted by atomic mass is 79.9. The average molecular weight is 498 g/mol. The zero-order valence-electron chi connectivity index (χ0n) is 18.8. The fraction of sp³-hybridized carbons (Fsp3) is 0.320. The molecule has 2 aromatic carbocycles. The number of benzene rings is 2. The summed E-state index contributed by atoms with van der Waals surface area (Å²) in [6.07, 6.45) is 0.702. The number of H-pyrrole nitrogens is 1. The highest BCUT2D eigenvalue weighted by Crippen LogP contribution is 2.19. The van der Waals surface area contributed by atoms with Crippen LogP contribution in [0, 0.1) is 6.92 Å². The molecule has 0 aliphatic rings. The molecule has 6 nitrogen and oxygen atoms in total. The van der Waals surface area contributed by atoms with Gasteiger partial charge in [0, 0.05) is 16.6 Å². The van der Waals surface area contributed by atoms with Gasteiger partial charge in [-0.1, -0.05) is 54.4 Å². The Morgan fingerprint density at radius 2 is 1.69 bits per heavy atom. The van der Waals surface area contributed by atoms with Crippen LogP contribution in [0.1, 0.15) is 65.1 Å². The number of aryl methyl sites for hydroxylation is 1. The smallest absolute Gasteiger partial charge is 0.282 e. The number of halogens is 1. The zero-order valence-corrected chi connectivity index (χ0v) is 20.4. The van der Waals surface area contributed by atoms with Crippen LogP contribution in [-0.2, 0) is 0 Å². The Balaban J connectivity index is 1.95. The predicted octanol–water partition coefficient (Wildman–Crippen LogP) is 5.10. The third-order valence-corrected chi connectivity index (χ3v) is 5.80. The number of nitrogens with one attached hydrogen (secondary N) is 1. The minimum atomic E-state index is -0.393. The summed E-state index contributed by atoms with van der Waals surface area (Å²) in [6.45, 7) is 8.06. The summed E-state index contributed by atoms with van der Waals surface area (Å²) >= 11 is 3.37. The van der Waals surface area contributed by atoms with Crippen LogP contribution in [0.2, 0.25) is 0 Å². The summed E-state index contributed by atoms with van der Waals surface area (Å²) in [5.41, 5.74) is 2.55. The van der Waals surface area contributed by atoms with Gasteiger partial charge in [0.15, 0.2) is 5.78 Å². The van der Waals surface area contributed by atoms with Crippen LogP contribution in [0.3, 0.4) is 0 Å². The van der Waals surface area contributed by atoms with E-state index in [1.54, 1.807) is 24.3 Å². The molecular weight excluding hydrogens is 470 g/mol. The summed E-state index contributed by atoms with van der Waals surface area (Å²) in [5.74, 6) is -0.650. The van der Waals surface area contributed by atoms with Gasteiger partial charge in [-0.25, -0.2) is 4.68 Å². The largest absolute Gasteiger partial charge is 0.331 e. The number of Topliss-reactive ketones (excluding diaryl/α,β-unsaturated/α-hetero) is 1. The van der Waals surface area contributed by atoms with Crippen molar-refractivity contribution in [3.63, 3.8) is 0 Å². The first-order valence-electron chi connectivity index (χ1n) is 10.7. The Hall–Kier alpha value is -2.93. The Morgan fingerprint density at radius 3 is 2.25 bits per heavy atom. The number of carbonyl (C=O) groups is 2. The van der Waals surface area contributed by atoms with Crippen molar-refractivity contribution < 1.29 is 9.59 Å². The second-order valence-corrected chi connectivity index (χ2v) is 9.10. The van der Waals surface area contributed by atoms with Crippen LogP contribution in [0.5, 0.6) is 0 Å². The van der Waals surface area contributed by atoms with Crippen molar-refractivity contribution in [1.29, 1.82) is 0 Å². The fourth-order valence-corrected chi connectivity index (χ4v) is 3.83. The van der Waals surface area contributed by atoms with Gasteiger partial charge < -0.3 is 4.90 Å².